The van der Waals surface area contributed by atoms with E-state index in [2.05, 4.69) is 16.0 Å². The first-order valence-electron chi connectivity index (χ1n) is 10.5. The predicted octanol–water partition coefficient (Wildman–Crippen LogP) is 3.12. The third-order valence-electron chi connectivity index (χ3n) is 5.62. The fraction of sp³-hybridized carbons (Fsp3) is 0.120. The van der Waals surface area contributed by atoms with Gasteiger partial charge in [0.05, 0.1) is 11.3 Å². The van der Waals surface area contributed by atoms with Crippen LogP contribution in [0, 0.1) is 0 Å². The molecule has 0 fully saturated rings. The molecule has 0 radical (unpaired) electrons. The van der Waals surface area contributed by atoms with Crippen LogP contribution in [-0.4, -0.2) is 21.6 Å². The number of carbonyl (C=O) groups excluding carboxylic acids is 2. The number of benzene rings is 3. The molecule has 0 unspecified atom stereocenters. The third kappa shape index (κ3) is 3.51. The maximum absolute atomic E-state index is 13.2. The van der Waals surface area contributed by atoms with Gasteiger partial charge in [-0.15, -0.1) is 0 Å². The predicted molar refractivity (Wildman–Crippen MR) is 122 cm³/mol. The lowest BCUT2D eigenvalue weighted by molar-refractivity contribution is -0.122. The van der Waals surface area contributed by atoms with Crippen molar-refractivity contribution in [1.29, 1.82) is 0 Å². The van der Waals surface area contributed by atoms with E-state index in [1.54, 1.807) is 43.3 Å². The molecule has 8 nitrogen and oxygen atoms in total. The van der Waals surface area contributed by atoms with E-state index >= 15 is 0 Å². The van der Waals surface area contributed by atoms with Crippen LogP contribution in [0.3, 0.4) is 0 Å². The second-order valence-corrected chi connectivity index (χ2v) is 7.57. The number of amides is 2. The van der Waals surface area contributed by atoms with Gasteiger partial charge < -0.3 is 4.74 Å². The zero-order chi connectivity index (χ0) is 22.9. The number of aryl methyl sites for hydroxylation is 1. The smallest absolute Gasteiger partial charge is 0.290 e. The van der Waals surface area contributed by atoms with Gasteiger partial charge in [0.2, 0.25) is 0 Å². The van der Waals surface area contributed by atoms with Crippen molar-refractivity contribution in [3.63, 3.8) is 0 Å². The minimum atomic E-state index is -0.666. The summed E-state index contributed by atoms with van der Waals surface area (Å²) < 4.78 is 7.15. The number of fused-ring (bicyclic) bond motifs is 3. The lowest BCUT2D eigenvalue weighted by Crippen LogP contribution is -2.45. The summed E-state index contributed by atoms with van der Waals surface area (Å²) in [4.78, 5) is 38.8. The second-order valence-electron chi connectivity index (χ2n) is 7.57. The van der Waals surface area contributed by atoms with Crippen LogP contribution >= 0.6 is 0 Å². The normalized spacial score (nSPS) is 12.4. The number of hydrogen-bond acceptors (Lipinski definition) is 5. The molecule has 3 aromatic carbocycles. The Bertz CT molecular complexity index is 1420. The molecule has 0 spiro atoms. The Balaban J connectivity index is 1.45. The van der Waals surface area contributed by atoms with Gasteiger partial charge >= 0.3 is 0 Å². The lowest BCUT2D eigenvalue weighted by atomic mass is 9.87. The highest BCUT2D eigenvalue weighted by Gasteiger charge is 2.32. The fourth-order valence-corrected chi connectivity index (χ4v) is 4.06. The van der Waals surface area contributed by atoms with Crippen molar-refractivity contribution < 1.29 is 14.3 Å². The van der Waals surface area contributed by atoms with E-state index in [1.807, 2.05) is 36.4 Å². The molecule has 2 heterocycles. The van der Waals surface area contributed by atoms with E-state index in [0.29, 0.717) is 39.9 Å². The number of rotatable bonds is 3. The van der Waals surface area contributed by atoms with Gasteiger partial charge in [0.1, 0.15) is 11.5 Å². The second kappa shape index (κ2) is 8.23. The van der Waals surface area contributed by atoms with E-state index in [9.17, 15) is 14.4 Å². The van der Waals surface area contributed by atoms with Gasteiger partial charge in [-0.25, -0.2) is 4.68 Å². The van der Waals surface area contributed by atoms with E-state index in [1.165, 1.54) is 4.68 Å². The summed E-state index contributed by atoms with van der Waals surface area (Å²) >= 11 is 0. The molecule has 4 aromatic rings. The van der Waals surface area contributed by atoms with Gasteiger partial charge in [0, 0.05) is 23.1 Å². The highest BCUT2D eigenvalue weighted by atomic mass is 16.5. The number of para-hydroxylation sites is 2. The van der Waals surface area contributed by atoms with E-state index < -0.39 is 17.7 Å². The number of hydrogen-bond donors (Lipinski definition) is 2. The van der Waals surface area contributed by atoms with Gasteiger partial charge in [-0.1, -0.05) is 54.6 Å². The summed E-state index contributed by atoms with van der Waals surface area (Å²) in [7, 11) is 0. The van der Waals surface area contributed by atoms with Gasteiger partial charge in [0.25, 0.3) is 17.4 Å². The molecule has 8 heteroatoms. The molecule has 1 aliphatic rings. The monoisotopic (exact) mass is 440 g/mol. The zero-order valence-corrected chi connectivity index (χ0v) is 17.7. The van der Waals surface area contributed by atoms with E-state index in [0.717, 1.165) is 0 Å². The molecule has 0 saturated carbocycles. The molecule has 1 aromatic heterocycles. The standard InChI is InChI=1S/C25H20N4O4/c1-2-29-25(32)16-10-4-3-9-15(16)22(28-29)24(31)27-26-23(30)21-17-11-5-7-13-19(17)33-20-14-8-6-12-18(20)21/h3-14,21H,2H2,1H3,(H,26,30)(H,27,31). The number of nitrogens with zero attached hydrogens (tertiary/aromatic N) is 2. The number of nitrogens with one attached hydrogen (secondary N) is 2. The van der Waals surface area contributed by atoms with Crippen molar-refractivity contribution in [2.75, 3.05) is 0 Å². The summed E-state index contributed by atoms with van der Waals surface area (Å²) in [6, 6.07) is 21.3. The van der Waals surface area contributed by atoms with Gasteiger partial charge in [0.15, 0.2) is 5.69 Å². The molecule has 2 N–H and O–H groups in total. The van der Waals surface area contributed by atoms with Crippen molar-refractivity contribution in [2.45, 2.75) is 19.4 Å². The Morgan fingerprint density at radius 2 is 1.45 bits per heavy atom. The molecule has 5 rings (SSSR count). The van der Waals surface area contributed by atoms with Crippen LogP contribution in [0.5, 0.6) is 11.5 Å². The Kier molecular flexibility index (Phi) is 5.10. The first kappa shape index (κ1) is 20.4. The average molecular weight is 440 g/mol. The third-order valence-corrected chi connectivity index (χ3v) is 5.62. The van der Waals surface area contributed by atoms with Crippen LogP contribution in [0.2, 0.25) is 0 Å². The average Bonchev–Trinajstić information content (AvgIpc) is 2.86. The minimum absolute atomic E-state index is 0.0557. The number of carbonyl (C=O) groups is 2. The first-order valence-corrected chi connectivity index (χ1v) is 10.5. The summed E-state index contributed by atoms with van der Waals surface area (Å²) in [6.45, 7) is 2.08. The lowest BCUT2D eigenvalue weighted by Gasteiger charge is -2.27. The van der Waals surface area contributed by atoms with Crippen molar-refractivity contribution in [3.8, 4) is 11.5 Å². The van der Waals surface area contributed by atoms with Crippen LogP contribution in [0.1, 0.15) is 34.5 Å². The topological polar surface area (TPSA) is 102 Å². The van der Waals surface area contributed by atoms with Gasteiger partial charge in [-0.05, 0) is 25.1 Å². The molecule has 33 heavy (non-hydrogen) atoms. The highest BCUT2D eigenvalue weighted by molar-refractivity contribution is 6.05. The molecule has 2 amide bonds. The van der Waals surface area contributed by atoms with Gasteiger partial charge in [-0.2, -0.15) is 5.10 Å². The molecule has 164 valence electrons. The quantitative estimate of drug-likeness (QED) is 0.477. The van der Waals surface area contributed by atoms with Crippen molar-refractivity contribution >= 4 is 22.6 Å². The molecule has 0 bridgehead atoms. The Morgan fingerprint density at radius 1 is 0.879 bits per heavy atom. The number of aromatic nitrogens is 2. The summed E-state index contributed by atoms with van der Waals surface area (Å²) in [6.07, 6.45) is 0. The Labute approximate surface area is 188 Å². The van der Waals surface area contributed by atoms with Crippen LogP contribution < -0.4 is 21.1 Å². The molecule has 0 saturated heterocycles. The summed E-state index contributed by atoms with van der Waals surface area (Å²) in [5, 5.41) is 5.01. The summed E-state index contributed by atoms with van der Waals surface area (Å²) in [5.41, 5.74) is 6.17. The van der Waals surface area contributed by atoms with Crippen molar-refractivity contribution in [2.24, 2.45) is 0 Å². The molecule has 0 aliphatic carbocycles. The van der Waals surface area contributed by atoms with Crippen molar-refractivity contribution in [1.82, 2.24) is 20.6 Å². The summed E-state index contributed by atoms with van der Waals surface area (Å²) in [5.74, 6) is -0.522. The first-order chi connectivity index (χ1) is 16.1. The molecular weight excluding hydrogens is 420 g/mol. The SMILES string of the molecule is CCn1nc(C(=O)NNC(=O)C2c3ccccc3Oc3ccccc32)c2ccccc2c1=O. The molecular formula is C25H20N4O4. The maximum atomic E-state index is 13.2. The van der Waals surface area contributed by atoms with Crippen LogP contribution in [0.4, 0.5) is 0 Å². The van der Waals surface area contributed by atoms with E-state index in [-0.39, 0.29) is 11.3 Å². The maximum Gasteiger partial charge on any atom is 0.290 e. The fourth-order valence-electron chi connectivity index (χ4n) is 4.06. The Morgan fingerprint density at radius 3 is 2.09 bits per heavy atom. The van der Waals surface area contributed by atoms with Crippen molar-refractivity contribution in [3.05, 3.63) is 100.0 Å². The van der Waals surface area contributed by atoms with Crippen LogP contribution in [-0.2, 0) is 11.3 Å². The number of ether oxygens (including phenoxy) is 1. The minimum Gasteiger partial charge on any atom is -0.457 e. The molecule has 0 atom stereocenters. The zero-order valence-electron chi connectivity index (χ0n) is 17.7. The van der Waals surface area contributed by atoms with Crippen LogP contribution in [0.25, 0.3) is 10.8 Å². The van der Waals surface area contributed by atoms with E-state index in [4.69, 9.17) is 4.74 Å². The van der Waals surface area contributed by atoms with Gasteiger partial charge in [-0.3, -0.25) is 25.2 Å². The highest BCUT2D eigenvalue weighted by Crippen LogP contribution is 2.43. The van der Waals surface area contributed by atoms with Crippen LogP contribution in [0.15, 0.2) is 77.6 Å². The molecule has 1 aliphatic heterocycles. The number of hydrazine groups is 1. The largest absolute Gasteiger partial charge is 0.457 e. The Hall–Kier alpha value is -4.46.